The Kier molecular flexibility index (Phi) is 8.42. The van der Waals surface area contributed by atoms with Crippen molar-refractivity contribution in [3.05, 3.63) is 77.1 Å². The van der Waals surface area contributed by atoms with Crippen LogP contribution >= 0.6 is 12.2 Å². The molecule has 198 valence electrons. The lowest BCUT2D eigenvalue weighted by Gasteiger charge is -2.30. The van der Waals surface area contributed by atoms with E-state index in [9.17, 15) is 9.59 Å². The van der Waals surface area contributed by atoms with Crippen LogP contribution in [0, 0.1) is 0 Å². The molecule has 1 aliphatic rings. The molecule has 38 heavy (non-hydrogen) atoms. The highest BCUT2D eigenvalue weighted by Gasteiger charge is 2.32. The molecule has 0 saturated heterocycles. The van der Waals surface area contributed by atoms with E-state index in [0.717, 1.165) is 16.5 Å². The maximum Gasteiger partial charge on any atom is 0.338 e. The molecular formula is C28H31N5O4S. The van der Waals surface area contributed by atoms with Crippen molar-refractivity contribution in [2.24, 2.45) is 5.10 Å². The maximum absolute atomic E-state index is 12.7. The number of allylic oxidation sites excluding steroid dienone is 1. The second-order valence-corrected chi connectivity index (χ2v) is 9.42. The lowest BCUT2D eigenvalue weighted by Crippen LogP contribution is -2.45. The van der Waals surface area contributed by atoms with Gasteiger partial charge in [-0.2, -0.15) is 5.10 Å². The fourth-order valence-electron chi connectivity index (χ4n) is 4.37. The van der Waals surface area contributed by atoms with Crippen LogP contribution in [0.3, 0.4) is 0 Å². The normalized spacial score (nSPS) is 15.5. The summed E-state index contributed by atoms with van der Waals surface area (Å²) >= 11 is 5.32. The van der Waals surface area contributed by atoms with Gasteiger partial charge in [0, 0.05) is 40.0 Å². The Labute approximate surface area is 226 Å². The van der Waals surface area contributed by atoms with E-state index >= 15 is 0 Å². The molecule has 0 aliphatic carbocycles. The standard InChI is InChI=1S/C28H31N5O4S/c1-5-36-27(35)25-18(4)30-28(38)31-26(25)21-11-7-9-13-23(21)37-16-24(34)32-29-14-19-15-33(17(2)3)22-12-8-6-10-20(19)22/h6-15,17,26H,5,16H2,1-4H3,(H,32,34)(H2,30,31,38)/t26-/m0/s1. The molecule has 4 rings (SSSR count). The Bertz CT molecular complexity index is 1430. The summed E-state index contributed by atoms with van der Waals surface area (Å²) < 4.78 is 13.3. The van der Waals surface area contributed by atoms with E-state index in [-0.39, 0.29) is 19.3 Å². The SMILES string of the molecule is CCOC(=O)C1=C(C)NC(=S)N[C@H]1c1ccccc1OCC(=O)NN=Cc1cn(C(C)C)c2ccccc12. The molecule has 0 fully saturated rings. The number of benzene rings is 2. The van der Waals surface area contributed by atoms with E-state index < -0.39 is 17.9 Å². The van der Waals surface area contributed by atoms with Crippen LogP contribution in [0.4, 0.5) is 0 Å². The summed E-state index contributed by atoms with van der Waals surface area (Å²) in [4.78, 5) is 25.3. The molecule has 3 N–H and O–H groups in total. The number of amides is 1. The van der Waals surface area contributed by atoms with Crippen molar-refractivity contribution < 1.29 is 19.1 Å². The number of carbonyl (C=O) groups excluding carboxylic acids is 2. The minimum atomic E-state index is -0.599. The van der Waals surface area contributed by atoms with E-state index in [1.54, 1.807) is 32.2 Å². The average molecular weight is 534 g/mol. The predicted octanol–water partition coefficient (Wildman–Crippen LogP) is 4.11. The number of nitrogens with one attached hydrogen (secondary N) is 3. The lowest BCUT2D eigenvalue weighted by molar-refractivity contribution is -0.139. The van der Waals surface area contributed by atoms with Crippen molar-refractivity contribution in [3.63, 3.8) is 0 Å². The van der Waals surface area contributed by atoms with E-state index in [0.29, 0.717) is 27.7 Å². The van der Waals surface area contributed by atoms with Gasteiger partial charge in [0.2, 0.25) is 0 Å². The number of nitrogens with zero attached hydrogens (tertiary/aromatic N) is 2. The number of fused-ring (bicyclic) bond motifs is 1. The van der Waals surface area contributed by atoms with Crippen molar-refractivity contribution in [2.45, 2.75) is 39.8 Å². The van der Waals surface area contributed by atoms with Gasteiger partial charge in [-0.25, -0.2) is 10.2 Å². The van der Waals surface area contributed by atoms with Gasteiger partial charge in [0.05, 0.1) is 24.4 Å². The number of rotatable bonds is 9. The highest BCUT2D eigenvalue weighted by molar-refractivity contribution is 7.80. The highest BCUT2D eigenvalue weighted by Crippen LogP contribution is 2.33. The van der Waals surface area contributed by atoms with Crippen LogP contribution in [-0.4, -0.2) is 41.0 Å². The summed E-state index contributed by atoms with van der Waals surface area (Å²) in [5.41, 5.74) is 6.18. The van der Waals surface area contributed by atoms with Crippen LogP contribution in [0.25, 0.3) is 10.9 Å². The molecule has 0 radical (unpaired) electrons. The molecule has 2 aromatic carbocycles. The lowest BCUT2D eigenvalue weighted by atomic mass is 9.95. The first-order valence-corrected chi connectivity index (χ1v) is 12.8. The van der Waals surface area contributed by atoms with Gasteiger partial charge in [-0.3, -0.25) is 4.79 Å². The van der Waals surface area contributed by atoms with Crippen LogP contribution in [0.2, 0.25) is 0 Å². The van der Waals surface area contributed by atoms with Crippen molar-refractivity contribution >= 4 is 46.3 Å². The van der Waals surface area contributed by atoms with Crippen LogP contribution in [0.1, 0.15) is 50.9 Å². The van der Waals surface area contributed by atoms with Crippen molar-refractivity contribution in [1.82, 2.24) is 20.6 Å². The number of carbonyl (C=O) groups is 2. The third kappa shape index (κ3) is 5.86. The first-order chi connectivity index (χ1) is 18.3. The summed E-state index contributed by atoms with van der Waals surface area (Å²) in [5, 5.41) is 11.7. The molecule has 2 heterocycles. The minimum Gasteiger partial charge on any atom is -0.483 e. The number of para-hydroxylation sites is 2. The van der Waals surface area contributed by atoms with Gasteiger partial charge < -0.3 is 24.7 Å². The Morgan fingerprint density at radius 2 is 1.92 bits per heavy atom. The first-order valence-electron chi connectivity index (χ1n) is 12.4. The molecule has 1 atom stereocenters. The largest absolute Gasteiger partial charge is 0.483 e. The summed E-state index contributed by atoms with van der Waals surface area (Å²) in [6, 6.07) is 14.9. The summed E-state index contributed by atoms with van der Waals surface area (Å²) in [6.45, 7) is 7.71. The third-order valence-electron chi connectivity index (χ3n) is 6.07. The Hall–Kier alpha value is -4.18. The zero-order valence-corrected chi connectivity index (χ0v) is 22.6. The number of hydrogen-bond acceptors (Lipinski definition) is 6. The fraction of sp³-hybridized carbons (Fsp3) is 0.286. The average Bonchev–Trinajstić information content (AvgIpc) is 3.26. The zero-order chi connectivity index (χ0) is 27.2. The van der Waals surface area contributed by atoms with Gasteiger partial charge in [-0.15, -0.1) is 0 Å². The van der Waals surface area contributed by atoms with Crippen LogP contribution in [0.15, 0.2) is 71.1 Å². The molecule has 3 aromatic rings. The second-order valence-electron chi connectivity index (χ2n) is 9.01. The zero-order valence-electron chi connectivity index (χ0n) is 21.8. The van der Waals surface area contributed by atoms with Gasteiger partial charge in [-0.05, 0) is 52.0 Å². The van der Waals surface area contributed by atoms with Gasteiger partial charge >= 0.3 is 5.97 Å². The molecular weight excluding hydrogens is 502 g/mol. The molecule has 0 bridgehead atoms. The van der Waals surface area contributed by atoms with Gasteiger partial charge in [-0.1, -0.05) is 36.4 Å². The van der Waals surface area contributed by atoms with Crippen LogP contribution in [-0.2, 0) is 14.3 Å². The Morgan fingerprint density at radius 3 is 2.68 bits per heavy atom. The molecule has 1 amide bonds. The number of hydrogen-bond donors (Lipinski definition) is 3. The summed E-state index contributed by atoms with van der Waals surface area (Å²) in [7, 11) is 0. The molecule has 0 saturated carbocycles. The first kappa shape index (κ1) is 26.9. The van der Waals surface area contributed by atoms with Crippen LogP contribution < -0.4 is 20.8 Å². The smallest absolute Gasteiger partial charge is 0.338 e. The Morgan fingerprint density at radius 1 is 1.18 bits per heavy atom. The second kappa shape index (κ2) is 11.9. The highest BCUT2D eigenvalue weighted by atomic mass is 32.1. The van der Waals surface area contributed by atoms with E-state index in [1.165, 1.54) is 0 Å². The number of aromatic nitrogens is 1. The molecule has 0 unspecified atom stereocenters. The van der Waals surface area contributed by atoms with Crippen molar-refractivity contribution in [2.75, 3.05) is 13.2 Å². The molecule has 9 nitrogen and oxygen atoms in total. The van der Waals surface area contributed by atoms with E-state index in [1.807, 2.05) is 36.5 Å². The maximum atomic E-state index is 12.7. The topological polar surface area (TPSA) is 106 Å². The van der Waals surface area contributed by atoms with E-state index in [4.69, 9.17) is 21.7 Å². The number of hydrazone groups is 1. The van der Waals surface area contributed by atoms with Gasteiger partial charge in [0.1, 0.15) is 5.75 Å². The van der Waals surface area contributed by atoms with Gasteiger partial charge in [0.15, 0.2) is 11.7 Å². The quantitative estimate of drug-likeness (QED) is 0.165. The number of esters is 1. The molecule has 10 heteroatoms. The minimum absolute atomic E-state index is 0.240. The number of ether oxygens (including phenoxy) is 2. The van der Waals surface area contributed by atoms with Crippen LogP contribution in [0.5, 0.6) is 5.75 Å². The molecule has 1 aliphatic heterocycles. The van der Waals surface area contributed by atoms with E-state index in [2.05, 4.69) is 45.6 Å². The Balaban J connectivity index is 1.46. The predicted molar refractivity (Wildman–Crippen MR) is 151 cm³/mol. The summed E-state index contributed by atoms with van der Waals surface area (Å²) in [6.07, 6.45) is 3.65. The fourth-order valence-corrected chi connectivity index (χ4v) is 4.64. The summed E-state index contributed by atoms with van der Waals surface area (Å²) in [5.74, 6) is -0.448. The van der Waals surface area contributed by atoms with Gasteiger partial charge in [0.25, 0.3) is 5.91 Å². The third-order valence-corrected chi connectivity index (χ3v) is 6.29. The molecule has 0 spiro atoms. The number of thiocarbonyl (C=S) groups is 1. The van der Waals surface area contributed by atoms with Crippen molar-refractivity contribution in [3.8, 4) is 5.75 Å². The van der Waals surface area contributed by atoms with Crippen molar-refractivity contribution in [1.29, 1.82) is 0 Å². The monoisotopic (exact) mass is 533 g/mol. The molecule has 1 aromatic heterocycles.